The quantitative estimate of drug-likeness (QED) is 0.373. The van der Waals surface area contributed by atoms with E-state index in [0.717, 1.165) is 0 Å². The summed E-state index contributed by atoms with van der Waals surface area (Å²) in [6.07, 6.45) is 1.23. The minimum absolute atomic E-state index is 0.0733. The smallest absolute Gasteiger partial charge is 0.273 e. The van der Waals surface area contributed by atoms with Gasteiger partial charge in [0.05, 0.1) is 22.4 Å². The number of hydrogen-bond acceptors (Lipinski definition) is 5. The molecule has 6 nitrogen and oxygen atoms in total. The molecular formula is C11H7Cl2N3O3. The first-order valence-corrected chi connectivity index (χ1v) is 6.00. The van der Waals surface area contributed by atoms with Crippen LogP contribution in [0.2, 0.25) is 5.15 Å². The fourth-order valence-electron chi connectivity index (χ4n) is 1.35. The van der Waals surface area contributed by atoms with Crippen LogP contribution in [0.5, 0.6) is 11.6 Å². The van der Waals surface area contributed by atoms with Gasteiger partial charge in [-0.3, -0.25) is 10.1 Å². The summed E-state index contributed by atoms with van der Waals surface area (Å²) in [4.78, 5) is 17.8. The lowest BCUT2D eigenvalue weighted by molar-refractivity contribution is -0.384. The van der Waals surface area contributed by atoms with Crippen molar-refractivity contribution in [1.82, 2.24) is 9.97 Å². The van der Waals surface area contributed by atoms with Crippen LogP contribution in [-0.2, 0) is 5.88 Å². The zero-order valence-corrected chi connectivity index (χ0v) is 10.9. The Morgan fingerprint density at radius 2 is 2.16 bits per heavy atom. The number of aromatic nitrogens is 2. The Labute approximate surface area is 118 Å². The van der Waals surface area contributed by atoms with E-state index in [-0.39, 0.29) is 28.3 Å². The largest absolute Gasteiger partial charge is 0.438 e. The molecule has 0 radical (unpaired) electrons. The zero-order valence-electron chi connectivity index (χ0n) is 9.42. The molecule has 0 saturated carbocycles. The molecule has 0 unspecified atom stereocenters. The van der Waals surface area contributed by atoms with Crippen LogP contribution in [0.25, 0.3) is 0 Å². The van der Waals surface area contributed by atoms with Crippen LogP contribution in [0.15, 0.2) is 30.6 Å². The van der Waals surface area contributed by atoms with Crippen molar-refractivity contribution in [3.05, 3.63) is 51.4 Å². The molecule has 98 valence electrons. The van der Waals surface area contributed by atoms with Gasteiger partial charge in [0.15, 0.2) is 0 Å². The van der Waals surface area contributed by atoms with Gasteiger partial charge in [-0.05, 0) is 6.07 Å². The summed E-state index contributed by atoms with van der Waals surface area (Å²) in [6.45, 7) is 0. The number of nitrogens with zero attached hydrogens (tertiary/aromatic N) is 3. The van der Waals surface area contributed by atoms with Crippen LogP contribution in [-0.4, -0.2) is 14.9 Å². The van der Waals surface area contributed by atoms with Gasteiger partial charge in [0, 0.05) is 6.07 Å². The normalized spacial score (nSPS) is 10.2. The maximum absolute atomic E-state index is 10.7. The average molecular weight is 300 g/mol. The highest BCUT2D eigenvalue weighted by Crippen LogP contribution is 2.29. The summed E-state index contributed by atoms with van der Waals surface area (Å²) >= 11 is 11.6. The Kier molecular flexibility index (Phi) is 4.13. The van der Waals surface area contributed by atoms with Crippen LogP contribution >= 0.6 is 23.2 Å². The summed E-state index contributed by atoms with van der Waals surface area (Å²) in [5.74, 6) is 0.523. The van der Waals surface area contributed by atoms with Crippen molar-refractivity contribution in [2.24, 2.45) is 0 Å². The number of ether oxygens (including phenoxy) is 1. The molecule has 8 heteroatoms. The molecule has 0 spiro atoms. The van der Waals surface area contributed by atoms with Gasteiger partial charge in [0.2, 0.25) is 5.88 Å². The van der Waals surface area contributed by atoms with Gasteiger partial charge in [-0.25, -0.2) is 9.97 Å². The molecule has 0 aliphatic heterocycles. The molecule has 0 aliphatic carbocycles. The number of benzene rings is 1. The fourth-order valence-corrected chi connectivity index (χ4v) is 1.85. The summed E-state index contributed by atoms with van der Waals surface area (Å²) in [7, 11) is 0. The van der Waals surface area contributed by atoms with Gasteiger partial charge < -0.3 is 4.74 Å². The molecular weight excluding hydrogens is 293 g/mol. The molecule has 0 amide bonds. The number of hydrogen-bond donors (Lipinski definition) is 0. The van der Waals surface area contributed by atoms with Gasteiger partial charge in [0.25, 0.3) is 5.69 Å². The standard InChI is InChI=1S/C11H7Cl2N3O3/c12-5-9-10(13)14-6-15-11(9)19-8-3-1-2-7(4-8)16(17)18/h1-4,6H,5H2. The van der Waals surface area contributed by atoms with Gasteiger partial charge in [-0.2, -0.15) is 0 Å². The van der Waals surface area contributed by atoms with Crippen LogP contribution in [0.4, 0.5) is 5.69 Å². The Morgan fingerprint density at radius 1 is 1.37 bits per heavy atom. The second-order valence-corrected chi connectivity index (χ2v) is 4.06. The molecule has 0 aliphatic rings. The van der Waals surface area contributed by atoms with Crippen molar-refractivity contribution >= 4 is 28.9 Å². The number of rotatable bonds is 4. The van der Waals surface area contributed by atoms with Gasteiger partial charge in [0.1, 0.15) is 17.2 Å². The number of non-ortho nitro benzene ring substituents is 1. The van der Waals surface area contributed by atoms with Gasteiger partial charge in [-0.15, -0.1) is 11.6 Å². The Balaban J connectivity index is 2.33. The van der Waals surface area contributed by atoms with Crippen LogP contribution in [0, 0.1) is 10.1 Å². The van der Waals surface area contributed by atoms with Crippen molar-refractivity contribution in [3.8, 4) is 11.6 Å². The summed E-state index contributed by atoms with van der Waals surface area (Å²) in [6, 6.07) is 5.73. The van der Waals surface area contributed by atoms with E-state index in [2.05, 4.69) is 9.97 Å². The lowest BCUT2D eigenvalue weighted by atomic mass is 10.3. The lowest BCUT2D eigenvalue weighted by Crippen LogP contribution is -1.96. The molecule has 0 N–H and O–H groups in total. The highest BCUT2D eigenvalue weighted by Gasteiger charge is 2.13. The predicted molar refractivity (Wildman–Crippen MR) is 69.8 cm³/mol. The highest BCUT2D eigenvalue weighted by molar-refractivity contribution is 6.31. The molecule has 19 heavy (non-hydrogen) atoms. The monoisotopic (exact) mass is 299 g/mol. The third-order valence-corrected chi connectivity index (χ3v) is 2.82. The second kappa shape index (κ2) is 5.81. The molecule has 0 fully saturated rings. The average Bonchev–Trinajstić information content (AvgIpc) is 2.39. The molecule has 0 saturated heterocycles. The maximum Gasteiger partial charge on any atom is 0.273 e. The summed E-state index contributed by atoms with van der Waals surface area (Å²) in [5.41, 5.74) is 0.349. The summed E-state index contributed by atoms with van der Waals surface area (Å²) in [5, 5.41) is 10.9. The molecule has 2 rings (SSSR count). The predicted octanol–water partition coefficient (Wildman–Crippen LogP) is 3.57. The summed E-state index contributed by atoms with van der Waals surface area (Å²) < 4.78 is 5.45. The van der Waals surface area contributed by atoms with E-state index >= 15 is 0 Å². The van der Waals surface area contributed by atoms with E-state index in [0.29, 0.717) is 5.56 Å². The number of nitro groups is 1. The second-order valence-electron chi connectivity index (χ2n) is 3.44. The molecule has 1 aromatic heterocycles. The SMILES string of the molecule is O=[N+]([O-])c1cccc(Oc2ncnc(Cl)c2CCl)c1. The van der Waals surface area contributed by atoms with Crippen molar-refractivity contribution in [2.45, 2.75) is 5.88 Å². The van der Waals surface area contributed by atoms with Crippen molar-refractivity contribution in [2.75, 3.05) is 0 Å². The van der Waals surface area contributed by atoms with Crippen molar-refractivity contribution in [3.63, 3.8) is 0 Å². The van der Waals surface area contributed by atoms with Crippen LogP contribution in [0.1, 0.15) is 5.56 Å². The lowest BCUT2D eigenvalue weighted by Gasteiger charge is -2.08. The Bertz CT molecular complexity index is 622. The zero-order chi connectivity index (χ0) is 13.8. The van der Waals surface area contributed by atoms with Crippen LogP contribution in [0.3, 0.4) is 0 Å². The van der Waals surface area contributed by atoms with E-state index in [1.807, 2.05) is 0 Å². The Hall–Kier alpha value is -1.92. The fraction of sp³-hybridized carbons (Fsp3) is 0.0909. The van der Waals surface area contributed by atoms with Gasteiger partial charge >= 0.3 is 0 Å². The minimum Gasteiger partial charge on any atom is -0.438 e. The molecule has 1 aromatic carbocycles. The topological polar surface area (TPSA) is 78.2 Å². The van der Waals surface area contributed by atoms with E-state index < -0.39 is 4.92 Å². The number of nitro benzene ring substituents is 1. The molecule has 1 heterocycles. The Morgan fingerprint density at radius 3 is 2.84 bits per heavy atom. The van der Waals surface area contributed by atoms with Crippen molar-refractivity contribution < 1.29 is 9.66 Å². The first-order valence-electron chi connectivity index (χ1n) is 5.09. The van der Waals surface area contributed by atoms with E-state index in [1.165, 1.54) is 24.5 Å². The van der Waals surface area contributed by atoms with E-state index in [4.69, 9.17) is 27.9 Å². The highest BCUT2D eigenvalue weighted by atomic mass is 35.5. The van der Waals surface area contributed by atoms with Crippen molar-refractivity contribution in [1.29, 1.82) is 0 Å². The first-order chi connectivity index (χ1) is 9.11. The van der Waals surface area contributed by atoms with Crippen LogP contribution < -0.4 is 4.74 Å². The van der Waals surface area contributed by atoms with E-state index in [1.54, 1.807) is 6.07 Å². The number of alkyl halides is 1. The molecule has 0 bridgehead atoms. The third-order valence-electron chi connectivity index (χ3n) is 2.23. The van der Waals surface area contributed by atoms with E-state index in [9.17, 15) is 10.1 Å². The molecule has 2 aromatic rings. The first kappa shape index (κ1) is 13.5. The maximum atomic E-state index is 10.7. The number of halogens is 2. The minimum atomic E-state index is -0.512. The third kappa shape index (κ3) is 3.10. The van der Waals surface area contributed by atoms with Gasteiger partial charge in [-0.1, -0.05) is 17.7 Å². The molecule has 0 atom stereocenters.